The fourth-order valence-corrected chi connectivity index (χ4v) is 2.63. The molecule has 0 aliphatic carbocycles. The molecule has 1 heterocycles. The van der Waals surface area contributed by atoms with Gasteiger partial charge in [0.25, 0.3) is 0 Å². The van der Waals surface area contributed by atoms with E-state index < -0.39 is 42.6 Å². The number of carbonyl (C=O) groups excluding carboxylic acids is 3. The van der Waals surface area contributed by atoms with Crippen molar-refractivity contribution in [3.63, 3.8) is 0 Å². The fourth-order valence-electron chi connectivity index (χ4n) is 2.63. The van der Waals surface area contributed by atoms with Crippen LogP contribution in [-0.2, 0) is 28.6 Å². The molecule has 1 unspecified atom stereocenters. The van der Waals surface area contributed by atoms with Crippen LogP contribution in [0, 0.1) is 0 Å². The van der Waals surface area contributed by atoms with Crippen molar-refractivity contribution in [3.8, 4) is 5.75 Å². The van der Waals surface area contributed by atoms with Gasteiger partial charge in [0.05, 0.1) is 0 Å². The summed E-state index contributed by atoms with van der Waals surface area (Å²) < 4.78 is 21.0. The maximum absolute atomic E-state index is 11.3. The molecule has 10 heteroatoms. The highest BCUT2D eigenvalue weighted by atomic mass is 16.7. The van der Waals surface area contributed by atoms with Crippen molar-refractivity contribution in [2.45, 2.75) is 51.5 Å². The third kappa shape index (κ3) is 5.91. The van der Waals surface area contributed by atoms with Gasteiger partial charge < -0.3 is 34.5 Å². The SMILES string of the molecule is CC(=O)Nc1ccc(O[C@H]2OC(COC(C)=O)[C@@H](OC(C)=O)[C@H](O)[C@@H]2O)cc1. The van der Waals surface area contributed by atoms with Gasteiger partial charge in [0, 0.05) is 26.5 Å². The highest BCUT2D eigenvalue weighted by Crippen LogP contribution is 2.27. The zero-order valence-electron chi connectivity index (χ0n) is 15.7. The number of rotatable bonds is 6. The molecule has 0 radical (unpaired) electrons. The van der Waals surface area contributed by atoms with Gasteiger partial charge in [0.2, 0.25) is 12.2 Å². The van der Waals surface area contributed by atoms with Crippen LogP contribution in [0.1, 0.15) is 20.8 Å². The zero-order valence-corrected chi connectivity index (χ0v) is 15.7. The molecule has 5 atom stereocenters. The summed E-state index contributed by atoms with van der Waals surface area (Å²) in [5.74, 6) is -1.22. The molecule has 2 rings (SSSR count). The normalized spacial score (nSPS) is 26.8. The maximum Gasteiger partial charge on any atom is 0.303 e. The van der Waals surface area contributed by atoms with Gasteiger partial charge in [-0.1, -0.05) is 0 Å². The van der Waals surface area contributed by atoms with Crippen molar-refractivity contribution in [2.24, 2.45) is 0 Å². The molecule has 0 aromatic heterocycles. The smallest absolute Gasteiger partial charge is 0.303 e. The van der Waals surface area contributed by atoms with E-state index in [-0.39, 0.29) is 12.5 Å². The van der Waals surface area contributed by atoms with Gasteiger partial charge in [-0.2, -0.15) is 0 Å². The summed E-state index contributed by atoms with van der Waals surface area (Å²) in [4.78, 5) is 33.4. The van der Waals surface area contributed by atoms with Gasteiger partial charge >= 0.3 is 11.9 Å². The van der Waals surface area contributed by atoms with Crippen molar-refractivity contribution in [2.75, 3.05) is 11.9 Å². The summed E-state index contributed by atoms with van der Waals surface area (Å²) in [5.41, 5.74) is 0.549. The minimum atomic E-state index is -1.53. The van der Waals surface area contributed by atoms with Crippen LogP contribution in [0.25, 0.3) is 0 Å². The van der Waals surface area contributed by atoms with Crippen molar-refractivity contribution in [1.82, 2.24) is 0 Å². The molecule has 1 aromatic carbocycles. The number of aliphatic hydroxyl groups is 2. The Hall–Kier alpha value is -2.69. The predicted molar refractivity (Wildman–Crippen MR) is 94.2 cm³/mol. The second kappa shape index (κ2) is 9.49. The molecule has 154 valence electrons. The molecule has 0 spiro atoms. The number of nitrogens with one attached hydrogen (secondary N) is 1. The topological polar surface area (TPSA) is 141 Å². The lowest BCUT2D eigenvalue weighted by Crippen LogP contribution is -2.61. The van der Waals surface area contributed by atoms with Crippen molar-refractivity contribution in [1.29, 1.82) is 0 Å². The molecule has 3 N–H and O–H groups in total. The Labute approximate surface area is 161 Å². The van der Waals surface area contributed by atoms with E-state index in [1.807, 2.05) is 0 Å². The summed E-state index contributed by atoms with van der Waals surface area (Å²) in [6.45, 7) is 3.40. The van der Waals surface area contributed by atoms with Gasteiger partial charge in [-0.25, -0.2) is 0 Å². The van der Waals surface area contributed by atoms with Gasteiger partial charge in [-0.15, -0.1) is 0 Å². The van der Waals surface area contributed by atoms with Crippen LogP contribution in [0.15, 0.2) is 24.3 Å². The summed E-state index contributed by atoms with van der Waals surface area (Å²) in [7, 11) is 0. The van der Waals surface area contributed by atoms with Gasteiger partial charge in [-0.3, -0.25) is 14.4 Å². The maximum atomic E-state index is 11.3. The van der Waals surface area contributed by atoms with Crippen LogP contribution in [0.3, 0.4) is 0 Å². The van der Waals surface area contributed by atoms with Gasteiger partial charge in [0.15, 0.2) is 6.10 Å². The molecule has 1 fully saturated rings. The van der Waals surface area contributed by atoms with Crippen molar-refractivity contribution >= 4 is 23.5 Å². The Bertz CT molecular complexity index is 706. The molecule has 1 amide bonds. The molecular formula is C18H23NO9. The first kappa shape index (κ1) is 21.6. The van der Waals surface area contributed by atoms with E-state index in [9.17, 15) is 24.6 Å². The van der Waals surface area contributed by atoms with Crippen LogP contribution in [0.5, 0.6) is 5.75 Å². The third-order valence-corrected chi connectivity index (χ3v) is 3.82. The quantitative estimate of drug-likeness (QED) is 0.564. The number of aliphatic hydroxyl groups excluding tert-OH is 2. The number of benzene rings is 1. The van der Waals surface area contributed by atoms with Crippen LogP contribution in [-0.4, -0.2) is 65.4 Å². The first-order valence-electron chi connectivity index (χ1n) is 8.54. The Morgan fingerprint density at radius 3 is 2.21 bits per heavy atom. The van der Waals surface area contributed by atoms with E-state index in [1.54, 1.807) is 12.1 Å². The second-order valence-electron chi connectivity index (χ2n) is 6.22. The van der Waals surface area contributed by atoms with Crippen molar-refractivity contribution < 1.29 is 43.5 Å². The van der Waals surface area contributed by atoms with E-state index >= 15 is 0 Å². The third-order valence-electron chi connectivity index (χ3n) is 3.82. The van der Waals surface area contributed by atoms with Crippen molar-refractivity contribution in [3.05, 3.63) is 24.3 Å². The van der Waals surface area contributed by atoms with Crippen LogP contribution < -0.4 is 10.1 Å². The Balaban J connectivity index is 2.11. The highest BCUT2D eigenvalue weighted by molar-refractivity contribution is 5.88. The Kier molecular flexibility index (Phi) is 7.32. The number of esters is 2. The lowest BCUT2D eigenvalue weighted by Gasteiger charge is -2.41. The first-order valence-corrected chi connectivity index (χ1v) is 8.54. The first-order chi connectivity index (χ1) is 13.2. The van der Waals surface area contributed by atoms with Crippen LogP contribution in [0.2, 0.25) is 0 Å². The zero-order chi connectivity index (χ0) is 20.8. The summed E-state index contributed by atoms with van der Waals surface area (Å²) >= 11 is 0. The minimum Gasteiger partial charge on any atom is -0.463 e. The Morgan fingerprint density at radius 1 is 1.04 bits per heavy atom. The largest absolute Gasteiger partial charge is 0.463 e. The summed E-state index contributed by atoms with van der Waals surface area (Å²) in [5, 5.41) is 23.2. The lowest BCUT2D eigenvalue weighted by molar-refractivity contribution is -0.282. The standard InChI is InChI=1S/C18H23NO9/c1-9(20)19-12-4-6-13(7-5-12)27-18-16(24)15(23)17(26-11(3)22)14(28-18)8-25-10(2)21/h4-7,14-18,23-24H,8H2,1-3H3,(H,19,20)/t14?,15-,16+,17-,18+/m1/s1. The average Bonchev–Trinajstić information content (AvgIpc) is 2.61. The number of hydrogen-bond donors (Lipinski definition) is 3. The molecule has 0 saturated carbocycles. The Morgan fingerprint density at radius 2 is 1.68 bits per heavy atom. The molecule has 1 saturated heterocycles. The molecule has 1 aliphatic rings. The minimum absolute atomic E-state index is 0.229. The number of ether oxygens (including phenoxy) is 4. The van der Waals surface area contributed by atoms with Crippen LogP contribution in [0.4, 0.5) is 5.69 Å². The van der Waals surface area contributed by atoms with E-state index in [0.29, 0.717) is 11.4 Å². The number of amides is 1. The van der Waals surface area contributed by atoms with E-state index in [2.05, 4.69) is 5.32 Å². The molecule has 1 aromatic rings. The van der Waals surface area contributed by atoms with E-state index in [0.717, 1.165) is 6.92 Å². The predicted octanol–water partition coefficient (Wildman–Crippen LogP) is -0.0347. The van der Waals surface area contributed by atoms with E-state index in [4.69, 9.17) is 18.9 Å². The lowest BCUT2D eigenvalue weighted by atomic mass is 9.99. The molecule has 0 bridgehead atoms. The van der Waals surface area contributed by atoms with Crippen LogP contribution >= 0.6 is 0 Å². The summed E-state index contributed by atoms with van der Waals surface area (Å²) in [6, 6.07) is 6.24. The van der Waals surface area contributed by atoms with Gasteiger partial charge in [0.1, 0.15) is 30.7 Å². The summed E-state index contributed by atoms with van der Waals surface area (Å²) in [6.07, 6.45) is -6.66. The highest BCUT2D eigenvalue weighted by Gasteiger charge is 2.48. The fraction of sp³-hybridized carbons (Fsp3) is 0.500. The number of carbonyl (C=O) groups is 3. The average molecular weight is 397 g/mol. The molecule has 1 aliphatic heterocycles. The second-order valence-corrected chi connectivity index (χ2v) is 6.22. The molecular weight excluding hydrogens is 374 g/mol. The van der Waals surface area contributed by atoms with E-state index in [1.165, 1.54) is 26.0 Å². The molecule has 10 nitrogen and oxygen atoms in total. The molecule has 28 heavy (non-hydrogen) atoms. The monoisotopic (exact) mass is 397 g/mol. The number of hydrogen-bond acceptors (Lipinski definition) is 9. The van der Waals surface area contributed by atoms with Gasteiger partial charge in [-0.05, 0) is 24.3 Å². The number of anilines is 1.